The normalized spacial score (nSPS) is 17.5. The van der Waals surface area contributed by atoms with Gasteiger partial charge in [-0.3, -0.25) is 4.79 Å². The number of aryl methyl sites for hydroxylation is 2. The third-order valence-electron chi connectivity index (χ3n) is 5.55. The van der Waals surface area contributed by atoms with Crippen molar-refractivity contribution in [1.29, 1.82) is 0 Å². The summed E-state index contributed by atoms with van der Waals surface area (Å²) in [6.45, 7) is 6.35. The Hall–Kier alpha value is -2.38. The average Bonchev–Trinajstić information content (AvgIpc) is 2.73. The first-order valence-electron chi connectivity index (χ1n) is 10.4. The minimum absolute atomic E-state index is 0.0604. The van der Waals surface area contributed by atoms with Crippen LogP contribution in [-0.4, -0.2) is 37.8 Å². The fourth-order valence-electron chi connectivity index (χ4n) is 3.91. The van der Waals surface area contributed by atoms with E-state index in [1.807, 2.05) is 39.0 Å². The molecule has 2 aromatic carbocycles. The molecule has 6 nitrogen and oxygen atoms in total. The molecule has 1 saturated heterocycles. The summed E-state index contributed by atoms with van der Waals surface area (Å²) >= 11 is 0. The molecule has 1 atom stereocenters. The Balaban J connectivity index is 1.63. The van der Waals surface area contributed by atoms with Gasteiger partial charge in [-0.1, -0.05) is 31.5 Å². The van der Waals surface area contributed by atoms with Gasteiger partial charge >= 0.3 is 0 Å². The topological polar surface area (TPSA) is 75.7 Å². The Morgan fingerprint density at radius 1 is 1.10 bits per heavy atom. The molecule has 0 aromatic heterocycles. The van der Waals surface area contributed by atoms with Gasteiger partial charge in [0.1, 0.15) is 5.75 Å². The number of sulfonamides is 1. The van der Waals surface area contributed by atoms with Crippen LogP contribution in [0, 0.1) is 13.8 Å². The van der Waals surface area contributed by atoms with Crippen molar-refractivity contribution in [2.75, 3.05) is 18.5 Å². The van der Waals surface area contributed by atoms with Crippen LogP contribution in [0.25, 0.3) is 0 Å². The molecule has 1 fully saturated rings. The van der Waals surface area contributed by atoms with Crippen LogP contribution in [0.4, 0.5) is 5.69 Å². The molecule has 1 N–H and O–H groups in total. The number of ether oxygens (including phenoxy) is 1. The van der Waals surface area contributed by atoms with Gasteiger partial charge in [-0.15, -0.1) is 0 Å². The molecule has 1 aliphatic rings. The summed E-state index contributed by atoms with van der Waals surface area (Å²) in [7, 11) is -3.53. The van der Waals surface area contributed by atoms with Crippen LogP contribution in [-0.2, 0) is 14.8 Å². The zero-order chi connectivity index (χ0) is 21.7. The molecule has 0 bridgehead atoms. The maximum Gasteiger partial charge on any atom is 0.262 e. The van der Waals surface area contributed by atoms with E-state index in [-0.39, 0.29) is 23.5 Å². The first-order chi connectivity index (χ1) is 14.3. The Labute approximate surface area is 179 Å². The zero-order valence-corrected chi connectivity index (χ0v) is 18.7. The number of piperidine rings is 1. The van der Waals surface area contributed by atoms with E-state index in [4.69, 9.17) is 4.74 Å². The number of nitrogens with zero attached hydrogens (tertiary/aromatic N) is 1. The second-order valence-corrected chi connectivity index (χ2v) is 9.65. The molecule has 1 aliphatic heterocycles. The minimum Gasteiger partial charge on any atom is -0.483 e. The van der Waals surface area contributed by atoms with Crippen LogP contribution >= 0.6 is 0 Å². The summed E-state index contributed by atoms with van der Waals surface area (Å²) in [5, 5.41) is 2.76. The maximum atomic E-state index is 13.0. The van der Waals surface area contributed by atoms with Crippen LogP contribution in [0.2, 0.25) is 0 Å². The summed E-state index contributed by atoms with van der Waals surface area (Å²) < 4.78 is 33.4. The van der Waals surface area contributed by atoms with Gasteiger partial charge in [0.25, 0.3) is 5.91 Å². The first kappa shape index (κ1) is 22.3. The van der Waals surface area contributed by atoms with Crippen LogP contribution in [0.3, 0.4) is 0 Å². The van der Waals surface area contributed by atoms with Gasteiger partial charge in [0.2, 0.25) is 10.0 Å². The van der Waals surface area contributed by atoms with E-state index in [9.17, 15) is 13.2 Å². The number of para-hydroxylation sites is 1. The number of carbonyl (C=O) groups is 1. The molecule has 3 rings (SSSR count). The van der Waals surface area contributed by atoms with Crippen molar-refractivity contribution in [1.82, 2.24) is 4.31 Å². The van der Waals surface area contributed by atoms with E-state index in [0.29, 0.717) is 18.0 Å². The van der Waals surface area contributed by atoms with Gasteiger partial charge in [0.15, 0.2) is 6.61 Å². The molecule has 1 unspecified atom stereocenters. The highest BCUT2D eigenvalue weighted by Gasteiger charge is 2.32. The van der Waals surface area contributed by atoms with Crippen molar-refractivity contribution < 1.29 is 17.9 Å². The predicted molar refractivity (Wildman–Crippen MR) is 118 cm³/mol. The average molecular weight is 431 g/mol. The molecule has 0 aliphatic carbocycles. The van der Waals surface area contributed by atoms with Gasteiger partial charge in [-0.25, -0.2) is 8.42 Å². The van der Waals surface area contributed by atoms with E-state index >= 15 is 0 Å². The van der Waals surface area contributed by atoms with Gasteiger partial charge in [0, 0.05) is 18.3 Å². The van der Waals surface area contributed by atoms with E-state index in [2.05, 4.69) is 5.32 Å². The standard InChI is InChI=1S/C23H30N2O4S/c1-4-20-10-5-6-15-25(20)30(27,28)21-13-11-19(12-14-21)24-22(26)16-29-23-17(2)8-7-9-18(23)3/h7-9,11-14,20H,4-6,10,15-16H2,1-3H3,(H,24,26). The number of nitrogens with one attached hydrogen (secondary N) is 1. The van der Waals surface area contributed by atoms with Gasteiger partial charge < -0.3 is 10.1 Å². The van der Waals surface area contributed by atoms with Gasteiger partial charge in [-0.2, -0.15) is 4.31 Å². The lowest BCUT2D eigenvalue weighted by molar-refractivity contribution is -0.118. The fourth-order valence-corrected chi connectivity index (χ4v) is 5.67. The lowest BCUT2D eigenvalue weighted by Gasteiger charge is -2.34. The number of hydrogen-bond donors (Lipinski definition) is 1. The lowest BCUT2D eigenvalue weighted by atomic mass is 10.0. The number of hydrogen-bond acceptors (Lipinski definition) is 4. The van der Waals surface area contributed by atoms with Crippen molar-refractivity contribution in [3.8, 4) is 5.75 Å². The molecule has 0 spiro atoms. The summed E-state index contributed by atoms with van der Waals surface area (Å²) in [6, 6.07) is 12.2. The lowest BCUT2D eigenvalue weighted by Crippen LogP contribution is -2.43. The quantitative estimate of drug-likeness (QED) is 0.712. The molecule has 7 heteroatoms. The molecular formula is C23H30N2O4S. The molecule has 162 valence electrons. The highest BCUT2D eigenvalue weighted by molar-refractivity contribution is 7.89. The summed E-state index contributed by atoms with van der Waals surface area (Å²) in [5.74, 6) is 0.413. The highest BCUT2D eigenvalue weighted by Crippen LogP contribution is 2.27. The molecular weight excluding hydrogens is 400 g/mol. The van der Waals surface area contributed by atoms with Gasteiger partial charge in [-0.05, 0) is 68.5 Å². The molecule has 0 saturated carbocycles. The summed E-state index contributed by atoms with van der Waals surface area (Å²) in [6.07, 6.45) is 3.68. The predicted octanol–water partition coefficient (Wildman–Crippen LogP) is 4.27. The second-order valence-electron chi connectivity index (χ2n) is 7.76. The monoisotopic (exact) mass is 430 g/mol. The minimum atomic E-state index is -3.53. The van der Waals surface area contributed by atoms with Crippen molar-refractivity contribution in [3.63, 3.8) is 0 Å². The van der Waals surface area contributed by atoms with E-state index in [1.165, 1.54) is 0 Å². The number of anilines is 1. The SMILES string of the molecule is CCC1CCCCN1S(=O)(=O)c1ccc(NC(=O)COc2c(C)cccc2C)cc1. The first-order valence-corrected chi connectivity index (χ1v) is 11.9. The molecule has 1 amide bonds. The van der Waals surface area contributed by atoms with Crippen LogP contribution in [0.1, 0.15) is 43.7 Å². The highest BCUT2D eigenvalue weighted by atomic mass is 32.2. The van der Waals surface area contributed by atoms with E-state index < -0.39 is 10.0 Å². The van der Waals surface area contributed by atoms with Crippen molar-refractivity contribution in [2.24, 2.45) is 0 Å². The van der Waals surface area contributed by atoms with Crippen LogP contribution in [0.15, 0.2) is 47.4 Å². The smallest absolute Gasteiger partial charge is 0.262 e. The van der Waals surface area contributed by atoms with Crippen molar-refractivity contribution >= 4 is 21.6 Å². The third kappa shape index (κ3) is 5.02. The summed E-state index contributed by atoms with van der Waals surface area (Å²) in [5.41, 5.74) is 2.48. The van der Waals surface area contributed by atoms with Gasteiger partial charge in [0.05, 0.1) is 4.90 Å². The molecule has 1 heterocycles. The van der Waals surface area contributed by atoms with E-state index in [0.717, 1.165) is 36.8 Å². The number of carbonyl (C=O) groups excluding carboxylic acids is 1. The second kappa shape index (κ2) is 9.62. The molecule has 0 radical (unpaired) electrons. The maximum absolute atomic E-state index is 13.0. The van der Waals surface area contributed by atoms with Crippen molar-refractivity contribution in [3.05, 3.63) is 53.6 Å². The Morgan fingerprint density at radius 2 is 1.77 bits per heavy atom. The summed E-state index contributed by atoms with van der Waals surface area (Å²) in [4.78, 5) is 12.5. The Bertz CT molecular complexity index is 967. The zero-order valence-electron chi connectivity index (χ0n) is 17.8. The van der Waals surface area contributed by atoms with Crippen LogP contribution < -0.4 is 10.1 Å². The molecule has 30 heavy (non-hydrogen) atoms. The number of benzene rings is 2. The Kier molecular flexibility index (Phi) is 7.15. The number of rotatable bonds is 7. The largest absolute Gasteiger partial charge is 0.483 e. The van der Waals surface area contributed by atoms with Crippen molar-refractivity contribution in [2.45, 2.75) is 57.4 Å². The Morgan fingerprint density at radius 3 is 2.40 bits per heavy atom. The third-order valence-corrected chi connectivity index (χ3v) is 7.51. The molecule has 2 aromatic rings. The number of amides is 1. The fraction of sp³-hybridized carbons (Fsp3) is 0.435. The van der Waals surface area contributed by atoms with E-state index in [1.54, 1.807) is 28.6 Å². The van der Waals surface area contributed by atoms with Crippen LogP contribution in [0.5, 0.6) is 5.75 Å².